The summed E-state index contributed by atoms with van der Waals surface area (Å²) in [4.78, 5) is 0. The van der Waals surface area contributed by atoms with Crippen LogP contribution >= 0.6 is 17.0 Å². The zero-order valence-corrected chi connectivity index (χ0v) is 22.3. The van der Waals surface area contributed by atoms with Gasteiger partial charge in [0, 0.05) is 6.42 Å². The van der Waals surface area contributed by atoms with Crippen LogP contribution in [-0.2, 0) is 20.8 Å². The molecule has 2 saturated carbocycles. The van der Waals surface area contributed by atoms with Crippen molar-refractivity contribution in [2.75, 3.05) is 0 Å². The fraction of sp³-hybridized carbons (Fsp3) is 0.519. The third kappa shape index (κ3) is 4.95. The third-order valence-corrected chi connectivity index (χ3v) is 7.57. The van der Waals surface area contributed by atoms with Crippen LogP contribution in [0.3, 0.4) is 0 Å². The van der Waals surface area contributed by atoms with Crippen LogP contribution in [0, 0.1) is 20.3 Å². The van der Waals surface area contributed by atoms with Gasteiger partial charge in [0.2, 0.25) is 0 Å². The minimum atomic E-state index is -0.826. The van der Waals surface area contributed by atoms with E-state index >= 15 is 0 Å². The van der Waals surface area contributed by atoms with Gasteiger partial charge in [-0.3, -0.25) is 0 Å². The maximum absolute atomic E-state index is 4.93. The molecular formula is C27H33Cl2Zr. The van der Waals surface area contributed by atoms with Gasteiger partial charge in [-0.25, -0.2) is 0 Å². The quantitative estimate of drug-likeness (QED) is 0.316. The van der Waals surface area contributed by atoms with E-state index in [0.717, 1.165) is 11.8 Å². The van der Waals surface area contributed by atoms with Crippen LogP contribution in [-0.4, -0.2) is 0 Å². The molecule has 159 valence electrons. The number of aryl methyl sites for hydroxylation is 2. The second-order valence-corrected chi connectivity index (χ2v) is 13.2. The molecule has 2 fully saturated rings. The second-order valence-electron chi connectivity index (χ2n) is 9.48. The van der Waals surface area contributed by atoms with Crippen molar-refractivity contribution in [2.45, 2.75) is 89.9 Å². The molecule has 0 N–H and O–H groups in total. The van der Waals surface area contributed by atoms with Crippen molar-refractivity contribution in [3.8, 4) is 11.1 Å². The first-order chi connectivity index (χ1) is 14.6. The Morgan fingerprint density at radius 2 is 1.00 bits per heavy atom. The molecule has 2 aromatic carbocycles. The van der Waals surface area contributed by atoms with Crippen LogP contribution in [0.5, 0.6) is 0 Å². The van der Waals surface area contributed by atoms with E-state index in [-0.39, 0.29) is 0 Å². The molecule has 3 aliphatic rings. The van der Waals surface area contributed by atoms with Gasteiger partial charge in [-0.15, -0.1) is 0 Å². The second kappa shape index (κ2) is 10.7. The van der Waals surface area contributed by atoms with Crippen LogP contribution < -0.4 is 0 Å². The molecular weight excluding hydrogens is 486 g/mol. The van der Waals surface area contributed by atoms with Crippen molar-refractivity contribution < 1.29 is 20.8 Å². The topological polar surface area (TPSA) is 0 Å². The van der Waals surface area contributed by atoms with Crippen molar-refractivity contribution in [1.29, 1.82) is 0 Å². The number of hydrogen-bond acceptors (Lipinski definition) is 0. The van der Waals surface area contributed by atoms with Gasteiger partial charge in [0.25, 0.3) is 0 Å². The van der Waals surface area contributed by atoms with E-state index in [0.29, 0.717) is 0 Å². The molecule has 0 saturated heterocycles. The Bertz CT molecular complexity index is 805. The molecule has 30 heavy (non-hydrogen) atoms. The summed E-state index contributed by atoms with van der Waals surface area (Å²) in [5.74, 6) is 1.58. The molecule has 3 aliphatic carbocycles. The molecule has 0 heterocycles. The standard InChI is InChI=1S/C27H33.2ClH.Zr/c1-18-13-22-15-23-14-19(2)25(21-11-7-4-8-12-21)17-27(23)26(22)16-24(18)20-9-5-3-6-10-20;;;/h13-17,20-21H,3-12H2,1-2H3;2*1H;/q;;;+2/p-2. The van der Waals surface area contributed by atoms with Crippen LogP contribution in [0.2, 0.25) is 0 Å². The number of hydrogen-bond donors (Lipinski definition) is 0. The molecule has 0 bridgehead atoms. The zero-order chi connectivity index (χ0) is 21.1. The predicted molar refractivity (Wildman–Crippen MR) is 127 cm³/mol. The van der Waals surface area contributed by atoms with E-state index in [9.17, 15) is 0 Å². The van der Waals surface area contributed by atoms with Crippen LogP contribution in [0.25, 0.3) is 11.1 Å². The third-order valence-electron chi connectivity index (χ3n) is 7.57. The van der Waals surface area contributed by atoms with Gasteiger partial charge in [-0.2, -0.15) is 0 Å². The van der Waals surface area contributed by atoms with Crippen molar-refractivity contribution in [3.63, 3.8) is 0 Å². The minimum absolute atomic E-state index is 0.788. The van der Waals surface area contributed by atoms with Crippen molar-refractivity contribution in [3.05, 3.63) is 64.1 Å². The van der Waals surface area contributed by atoms with Gasteiger partial charge in [0.15, 0.2) is 0 Å². The van der Waals surface area contributed by atoms with E-state index in [2.05, 4.69) is 44.5 Å². The molecule has 0 nitrogen and oxygen atoms in total. The van der Waals surface area contributed by atoms with E-state index in [1.165, 1.54) is 97.6 Å². The molecule has 1 radical (unpaired) electrons. The summed E-state index contributed by atoms with van der Waals surface area (Å²) >= 11 is -0.826. The van der Waals surface area contributed by atoms with E-state index < -0.39 is 20.8 Å². The van der Waals surface area contributed by atoms with Gasteiger partial charge in [-0.1, -0.05) is 62.8 Å². The van der Waals surface area contributed by atoms with Gasteiger partial charge < -0.3 is 0 Å². The van der Waals surface area contributed by atoms with Crippen molar-refractivity contribution >= 4 is 17.0 Å². The first kappa shape index (κ1) is 23.1. The summed E-state index contributed by atoms with van der Waals surface area (Å²) in [6.45, 7) is 4.67. The van der Waals surface area contributed by atoms with Crippen LogP contribution in [0.4, 0.5) is 0 Å². The molecule has 0 spiro atoms. The SMILES string of the molecule is Cc1cc2c(cc1C1CCCCC1)-c1cc(C3CCCCC3)c(C)cc1[CH]2.[Cl][Zr][Cl]. The molecule has 3 heteroatoms. The van der Waals surface area contributed by atoms with Gasteiger partial charge in [0.05, 0.1) is 0 Å². The summed E-state index contributed by atoms with van der Waals surface area (Å²) in [5.41, 5.74) is 12.2. The Morgan fingerprint density at radius 3 is 1.37 bits per heavy atom. The van der Waals surface area contributed by atoms with Gasteiger partial charge in [0.1, 0.15) is 0 Å². The summed E-state index contributed by atoms with van der Waals surface area (Å²) < 4.78 is 0. The van der Waals surface area contributed by atoms with Crippen LogP contribution in [0.1, 0.15) is 109 Å². The Balaban J connectivity index is 0.000000687. The van der Waals surface area contributed by atoms with Crippen molar-refractivity contribution in [2.24, 2.45) is 0 Å². The molecule has 2 aromatic rings. The Hall–Kier alpha value is -0.0969. The predicted octanol–water partition coefficient (Wildman–Crippen LogP) is 9.36. The summed E-state index contributed by atoms with van der Waals surface area (Å²) in [7, 11) is 9.87. The summed E-state index contributed by atoms with van der Waals surface area (Å²) in [5, 5.41) is 0. The Labute approximate surface area is 201 Å². The average Bonchev–Trinajstić information content (AvgIpc) is 3.10. The average molecular weight is 520 g/mol. The molecule has 0 unspecified atom stereocenters. The normalized spacial score (nSPS) is 18.9. The number of benzene rings is 2. The van der Waals surface area contributed by atoms with Crippen LogP contribution in [0.15, 0.2) is 24.3 Å². The van der Waals surface area contributed by atoms with E-state index in [4.69, 9.17) is 17.0 Å². The molecule has 0 aromatic heterocycles. The van der Waals surface area contributed by atoms with E-state index in [1.807, 2.05) is 0 Å². The number of fused-ring (bicyclic) bond motifs is 3. The fourth-order valence-corrected chi connectivity index (χ4v) is 6.07. The monoisotopic (exact) mass is 517 g/mol. The van der Waals surface area contributed by atoms with Crippen molar-refractivity contribution in [1.82, 2.24) is 0 Å². The maximum atomic E-state index is 4.93. The number of rotatable bonds is 2. The van der Waals surface area contributed by atoms with E-state index in [1.54, 1.807) is 11.1 Å². The Kier molecular flexibility index (Phi) is 8.21. The zero-order valence-electron chi connectivity index (χ0n) is 18.4. The van der Waals surface area contributed by atoms with Gasteiger partial charge >= 0.3 is 37.9 Å². The van der Waals surface area contributed by atoms with Gasteiger partial charge in [-0.05, 0) is 95.9 Å². The molecule has 0 atom stereocenters. The fourth-order valence-electron chi connectivity index (χ4n) is 6.07. The summed E-state index contributed by atoms with van der Waals surface area (Å²) in [6, 6.07) is 10.1. The molecule has 0 amide bonds. The first-order valence-electron chi connectivity index (χ1n) is 11.7. The Morgan fingerprint density at radius 1 is 0.633 bits per heavy atom. The summed E-state index contributed by atoms with van der Waals surface area (Å²) in [6.07, 6.45) is 16.5. The number of halogens is 2. The molecule has 0 aliphatic heterocycles. The molecule has 5 rings (SSSR count). The first-order valence-corrected chi connectivity index (χ1v) is 18.1.